The predicted molar refractivity (Wildman–Crippen MR) is 104 cm³/mol. The maximum Gasteiger partial charge on any atom is 0.0419 e. The highest BCUT2D eigenvalue weighted by molar-refractivity contribution is 7.10. The molecule has 3 rings (SSSR count). The van der Waals surface area contributed by atoms with Crippen molar-refractivity contribution in [1.82, 2.24) is 9.88 Å². The van der Waals surface area contributed by atoms with E-state index >= 15 is 0 Å². The van der Waals surface area contributed by atoms with Gasteiger partial charge < -0.3 is 0 Å². The van der Waals surface area contributed by atoms with Gasteiger partial charge in [0.15, 0.2) is 0 Å². The monoisotopic (exact) mass is 342 g/mol. The van der Waals surface area contributed by atoms with Crippen LogP contribution in [0.15, 0.2) is 29.8 Å². The first-order valence-corrected chi connectivity index (χ1v) is 9.89. The third-order valence-corrected chi connectivity index (χ3v) is 6.68. The molecule has 0 aromatic carbocycles. The minimum absolute atomic E-state index is 0.0530. The van der Waals surface area contributed by atoms with Crippen LogP contribution in [0.1, 0.15) is 55.3 Å². The topological polar surface area (TPSA) is 16.1 Å². The molecule has 0 amide bonds. The van der Waals surface area contributed by atoms with Gasteiger partial charge in [0.25, 0.3) is 0 Å². The fourth-order valence-corrected chi connectivity index (χ4v) is 4.53. The number of aromatic nitrogens is 1. The number of nitrogens with zero attached hydrogens (tertiary/aromatic N) is 2. The molecule has 2 aromatic rings. The molecular formula is C21H30N2S. The Kier molecular flexibility index (Phi) is 4.85. The van der Waals surface area contributed by atoms with Crippen molar-refractivity contribution >= 4 is 11.3 Å². The van der Waals surface area contributed by atoms with Crippen LogP contribution < -0.4 is 0 Å². The Morgan fingerprint density at radius 3 is 2.71 bits per heavy atom. The Morgan fingerprint density at radius 1 is 1.29 bits per heavy atom. The molecule has 3 heterocycles. The average molecular weight is 343 g/mol. The summed E-state index contributed by atoms with van der Waals surface area (Å²) in [6, 6.07) is 6.72. The van der Waals surface area contributed by atoms with Gasteiger partial charge >= 0.3 is 0 Å². The standard InChI is InChI=1S/C21H30N2S/c1-16-6-7-19(13-22-16)20(3,4)23-11-10-21(5,15-23)9-8-18-12-17(2)24-14-18/h6-7,12-14H,8-11,15H2,1-5H3/t21-/m1/s1. The van der Waals surface area contributed by atoms with Crippen LogP contribution in [0.3, 0.4) is 0 Å². The van der Waals surface area contributed by atoms with E-state index < -0.39 is 0 Å². The first-order valence-electron chi connectivity index (χ1n) is 9.01. The summed E-state index contributed by atoms with van der Waals surface area (Å²) in [4.78, 5) is 8.58. The normalized spacial score (nSPS) is 22.2. The second-order valence-corrected chi connectivity index (χ2v) is 9.41. The van der Waals surface area contributed by atoms with Crippen molar-refractivity contribution in [1.29, 1.82) is 0 Å². The van der Waals surface area contributed by atoms with Crippen molar-refractivity contribution < 1.29 is 0 Å². The Bertz CT molecular complexity index is 686. The zero-order chi connectivity index (χ0) is 17.4. The van der Waals surface area contributed by atoms with E-state index in [0.717, 1.165) is 5.69 Å². The minimum atomic E-state index is 0.0530. The summed E-state index contributed by atoms with van der Waals surface area (Å²) in [7, 11) is 0. The third-order valence-electron chi connectivity index (χ3n) is 5.77. The lowest BCUT2D eigenvalue weighted by Gasteiger charge is -2.37. The number of aryl methyl sites for hydroxylation is 3. The van der Waals surface area contributed by atoms with Crippen LogP contribution in [-0.2, 0) is 12.0 Å². The van der Waals surface area contributed by atoms with Crippen LogP contribution in [0.4, 0.5) is 0 Å². The van der Waals surface area contributed by atoms with Gasteiger partial charge in [0.1, 0.15) is 0 Å². The van der Waals surface area contributed by atoms with Crippen molar-refractivity contribution in [2.75, 3.05) is 13.1 Å². The second kappa shape index (κ2) is 6.61. The van der Waals surface area contributed by atoms with E-state index in [0.29, 0.717) is 5.41 Å². The Morgan fingerprint density at radius 2 is 2.08 bits per heavy atom. The van der Waals surface area contributed by atoms with Gasteiger partial charge in [-0.05, 0) is 87.6 Å². The first kappa shape index (κ1) is 17.6. The largest absolute Gasteiger partial charge is 0.294 e. The number of hydrogen-bond donors (Lipinski definition) is 0. The van der Waals surface area contributed by atoms with Gasteiger partial charge in [-0.15, -0.1) is 11.3 Å². The molecule has 0 aliphatic carbocycles. The fourth-order valence-electron chi connectivity index (χ4n) is 3.79. The van der Waals surface area contributed by atoms with Gasteiger partial charge in [-0.3, -0.25) is 9.88 Å². The van der Waals surface area contributed by atoms with Crippen molar-refractivity contribution in [2.24, 2.45) is 5.41 Å². The first-order chi connectivity index (χ1) is 11.3. The van der Waals surface area contributed by atoms with Crippen molar-refractivity contribution in [2.45, 2.75) is 59.4 Å². The zero-order valence-corrected chi connectivity index (χ0v) is 16.5. The number of rotatable bonds is 5. The van der Waals surface area contributed by atoms with Crippen molar-refractivity contribution in [3.63, 3.8) is 0 Å². The molecule has 1 aliphatic rings. The summed E-state index contributed by atoms with van der Waals surface area (Å²) < 4.78 is 0. The van der Waals surface area contributed by atoms with Gasteiger partial charge in [-0.1, -0.05) is 13.0 Å². The molecule has 0 unspecified atom stereocenters. The highest BCUT2D eigenvalue weighted by Crippen LogP contribution is 2.41. The maximum atomic E-state index is 4.51. The molecule has 24 heavy (non-hydrogen) atoms. The molecule has 3 heteroatoms. The minimum Gasteiger partial charge on any atom is -0.294 e. The van der Waals surface area contributed by atoms with Crippen LogP contribution in [0.5, 0.6) is 0 Å². The molecule has 0 spiro atoms. The van der Waals surface area contributed by atoms with E-state index in [1.54, 1.807) is 0 Å². The van der Waals surface area contributed by atoms with Gasteiger partial charge in [-0.25, -0.2) is 0 Å². The van der Waals surface area contributed by atoms with E-state index in [4.69, 9.17) is 0 Å². The van der Waals surface area contributed by atoms with Gasteiger partial charge in [0, 0.05) is 28.9 Å². The summed E-state index contributed by atoms with van der Waals surface area (Å²) >= 11 is 1.87. The zero-order valence-electron chi connectivity index (χ0n) is 15.7. The number of likely N-dealkylation sites (tertiary alicyclic amines) is 1. The van der Waals surface area contributed by atoms with E-state index in [1.807, 2.05) is 11.3 Å². The van der Waals surface area contributed by atoms with Crippen molar-refractivity contribution in [3.8, 4) is 0 Å². The molecule has 0 bridgehead atoms. The van der Waals surface area contributed by atoms with Crippen LogP contribution in [0.25, 0.3) is 0 Å². The molecule has 0 N–H and O–H groups in total. The predicted octanol–water partition coefficient (Wildman–Crippen LogP) is 5.34. The van der Waals surface area contributed by atoms with Gasteiger partial charge in [0.05, 0.1) is 0 Å². The lowest BCUT2D eigenvalue weighted by molar-refractivity contribution is 0.132. The van der Waals surface area contributed by atoms with Gasteiger partial charge in [-0.2, -0.15) is 0 Å². The van der Waals surface area contributed by atoms with E-state index in [2.05, 4.69) is 74.3 Å². The number of pyridine rings is 1. The molecule has 1 saturated heterocycles. The quantitative estimate of drug-likeness (QED) is 0.729. The summed E-state index contributed by atoms with van der Waals surface area (Å²) in [6.07, 6.45) is 5.83. The summed E-state index contributed by atoms with van der Waals surface area (Å²) in [5.74, 6) is 0. The average Bonchev–Trinajstić information content (AvgIpc) is 3.13. The van der Waals surface area contributed by atoms with E-state index in [-0.39, 0.29) is 5.54 Å². The molecule has 0 radical (unpaired) electrons. The number of hydrogen-bond acceptors (Lipinski definition) is 3. The lowest BCUT2D eigenvalue weighted by Crippen LogP contribution is -2.41. The molecule has 1 aliphatic heterocycles. The fraction of sp³-hybridized carbons (Fsp3) is 0.571. The Labute approximate surface area is 150 Å². The van der Waals surface area contributed by atoms with Crippen LogP contribution in [0.2, 0.25) is 0 Å². The molecule has 2 nitrogen and oxygen atoms in total. The Hall–Kier alpha value is -1.19. The maximum absolute atomic E-state index is 4.51. The number of thiophene rings is 1. The second-order valence-electron chi connectivity index (χ2n) is 8.30. The molecule has 1 atom stereocenters. The summed E-state index contributed by atoms with van der Waals surface area (Å²) in [5, 5.41) is 2.33. The van der Waals surface area contributed by atoms with E-state index in [1.165, 1.54) is 48.4 Å². The highest BCUT2D eigenvalue weighted by Gasteiger charge is 2.40. The van der Waals surface area contributed by atoms with Crippen LogP contribution in [0, 0.1) is 19.3 Å². The molecule has 2 aromatic heterocycles. The van der Waals surface area contributed by atoms with Crippen LogP contribution in [-0.4, -0.2) is 23.0 Å². The highest BCUT2D eigenvalue weighted by atomic mass is 32.1. The Balaban J connectivity index is 1.65. The summed E-state index contributed by atoms with van der Waals surface area (Å²) in [5.41, 5.74) is 4.40. The molecule has 0 saturated carbocycles. The van der Waals surface area contributed by atoms with Crippen LogP contribution >= 0.6 is 11.3 Å². The van der Waals surface area contributed by atoms with E-state index in [9.17, 15) is 0 Å². The van der Waals surface area contributed by atoms with Gasteiger partial charge in [0.2, 0.25) is 0 Å². The van der Waals surface area contributed by atoms with Crippen molar-refractivity contribution in [3.05, 3.63) is 51.5 Å². The smallest absolute Gasteiger partial charge is 0.0419 e. The molecular weight excluding hydrogens is 312 g/mol. The molecule has 130 valence electrons. The lowest BCUT2D eigenvalue weighted by atomic mass is 9.83. The SMILES string of the molecule is Cc1ccc(C(C)(C)N2CC[C@@](C)(CCc3csc(C)c3)C2)cn1. The molecule has 1 fully saturated rings. The summed E-state index contributed by atoms with van der Waals surface area (Å²) in [6.45, 7) is 13.8. The third kappa shape index (κ3) is 3.73.